The summed E-state index contributed by atoms with van der Waals surface area (Å²) in [6.45, 7) is -2.64. The number of benzene rings is 8. The van der Waals surface area contributed by atoms with E-state index in [0.29, 0.717) is 55.9 Å². The van der Waals surface area contributed by atoms with Crippen molar-refractivity contribution in [3.63, 3.8) is 0 Å². The molecule has 0 fully saturated rings. The molecule has 8 aromatic carbocycles. The maximum Gasteiger partial charge on any atom is 0.121 e. The Kier molecular flexibility index (Phi) is 8.90. The van der Waals surface area contributed by atoms with E-state index in [1.165, 1.54) is 18.3 Å². The molecule has 0 aliphatic carbocycles. The summed E-state index contributed by atoms with van der Waals surface area (Å²) in [6.07, 6.45) is 1.29. The number of pyridine rings is 2. The van der Waals surface area contributed by atoms with Gasteiger partial charge in [0.2, 0.25) is 0 Å². The van der Waals surface area contributed by atoms with Crippen LogP contribution in [0, 0.1) is 51.9 Å². The van der Waals surface area contributed by atoms with E-state index in [1.54, 1.807) is 73.8 Å². The summed E-state index contributed by atoms with van der Waals surface area (Å²) in [7, 11) is 0. The second kappa shape index (κ2) is 19.0. The minimum Gasteiger partial charge on any atom is -0.501 e. The van der Waals surface area contributed by atoms with Crippen LogP contribution in [-0.2, 0) is 26.5 Å². The first-order chi connectivity index (χ1) is 38.0. The fraction of sp³-hybridized carbons (Fsp3) is 0.156. The van der Waals surface area contributed by atoms with Gasteiger partial charge >= 0.3 is 0 Å². The third-order valence-electron chi connectivity index (χ3n) is 11.8. The SMILES string of the molecule is [2H]C([2H])([2H])c1c[c-]c(-c2ccc(C([2H])([2H])C(C)(C)C)cn2)cc1-c1ccccc1.[2H]C([2H])([2H])c1cc(C)ccc1-c1ccc(-c2cc(-c3[c-]ccc4c3oc3cc5c(ccc6ccccc65)cc34)ncc2C([2H])([2H])[2H])c(C([2H])([2H])[2H])c1.[Ir]. The summed E-state index contributed by atoms with van der Waals surface area (Å²) in [6, 6.07) is 53.8. The maximum atomic E-state index is 8.50. The van der Waals surface area contributed by atoms with Crippen LogP contribution in [0.25, 0.3) is 99.4 Å². The Balaban J connectivity index is 0.000000230. The van der Waals surface area contributed by atoms with E-state index in [1.807, 2.05) is 75.4 Å². The predicted octanol–water partition coefficient (Wildman–Crippen LogP) is 17.4. The minimum absolute atomic E-state index is 0. The number of fused-ring (bicyclic) bond motifs is 6. The molecular weight excluding hydrogens is 1000 g/mol. The van der Waals surface area contributed by atoms with Gasteiger partial charge in [0, 0.05) is 57.1 Å². The van der Waals surface area contributed by atoms with Crippen LogP contribution < -0.4 is 0 Å². The molecule has 3 aromatic heterocycles. The van der Waals surface area contributed by atoms with Crippen LogP contribution in [0.5, 0.6) is 0 Å². The summed E-state index contributed by atoms with van der Waals surface area (Å²) in [4.78, 5) is 9.01. The molecule has 0 unspecified atom stereocenters. The van der Waals surface area contributed by atoms with Crippen molar-refractivity contribution in [1.82, 2.24) is 9.97 Å². The average molecular weight is 1070 g/mol. The number of nitrogens with zero attached hydrogens (tertiary/aromatic N) is 2. The van der Waals surface area contributed by atoms with E-state index in [9.17, 15) is 0 Å². The zero-order valence-electron chi connectivity index (χ0n) is 51.8. The maximum absolute atomic E-state index is 8.50. The molecule has 0 bridgehead atoms. The van der Waals surface area contributed by atoms with Gasteiger partial charge in [-0.1, -0.05) is 171 Å². The molecule has 0 saturated heterocycles. The van der Waals surface area contributed by atoms with E-state index in [-0.39, 0.29) is 53.5 Å². The number of hydrogen-bond donors (Lipinski definition) is 0. The van der Waals surface area contributed by atoms with Crippen molar-refractivity contribution >= 4 is 43.5 Å². The van der Waals surface area contributed by atoms with Gasteiger partial charge in [0.1, 0.15) is 5.58 Å². The minimum atomic E-state index is -2.68. The first kappa shape index (κ1) is 31.9. The van der Waals surface area contributed by atoms with E-state index < -0.39 is 39.2 Å². The number of hydrogen-bond acceptors (Lipinski definition) is 3. The molecule has 3 heterocycles. The molecule has 1 radical (unpaired) electrons. The summed E-state index contributed by atoms with van der Waals surface area (Å²) in [5, 5.41) is 6.07. The van der Waals surface area contributed by atoms with Crippen molar-refractivity contribution in [2.45, 2.75) is 61.5 Å². The van der Waals surface area contributed by atoms with E-state index in [0.717, 1.165) is 43.4 Å². The van der Waals surface area contributed by atoms with Gasteiger partial charge in [-0.15, -0.1) is 47.5 Å². The summed E-state index contributed by atoms with van der Waals surface area (Å²) < 4.78 is 122. The summed E-state index contributed by atoms with van der Waals surface area (Å²) in [5.74, 6) is 0. The van der Waals surface area contributed by atoms with Crippen molar-refractivity contribution in [2.75, 3.05) is 0 Å². The fourth-order valence-corrected chi connectivity index (χ4v) is 8.66. The summed E-state index contributed by atoms with van der Waals surface area (Å²) >= 11 is 0. The number of furan rings is 1. The fourth-order valence-electron chi connectivity index (χ4n) is 8.66. The second-order valence-corrected chi connectivity index (χ2v) is 17.8. The van der Waals surface area contributed by atoms with Crippen molar-refractivity contribution in [3.05, 3.63) is 216 Å². The number of aryl methyl sites for hydroxylation is 5. The molecule has 0 saturated carbocycles. The Hall–Kier alpha value is -6.97. The van der Waals surface area contributed by atoms with Gasteiger partial charge in [0.25, 0.3) is 0 Å². The van der Waals surface area contributed by atoms with Crippen LogP contribution >= 0.6 is 0 Å². The third kappa shape index (κ3) is 9.32. The van der Waals surface area contributed by atoms with Crippen LogP contribution in [0.3, 0.4) is 0 Å². The molecule has 3 nitrogen and oxygen atoms in total. The average Bonchev–Trinajstić information content (AvgIpc) is 3.78. The molecule has 11 aromatic rings. The molecule has 0 N–H and O–H groups in total. The van der Waals surface area contributed by atoms with Crippen molar-refractivity contribution < 1.29 is 43.7 Å². The quantitative estimate of drug-likeness (QED) is 0.123. The number of rotatable bonds is 6. The Labute approximate surface area is 434 Å². The summed E-state index contributed by atoms with van der Waals surface area (Å²) in [5.41, 5.74) is 6.68. The van der Waals surface area contributed by atoms with E-state index >= 15 is 0 Å². The van der Waals surface area contributed by atoms with E-state index in [2.05, 4.69) is 52.4 Å². The molecule has 0 aliphatic heterocycles. The normalized spacial score (nSPS) is 15.5. The Bertz CT molecular complexity index is 4190. The monoisotopic (exact) mass is 1070 g/mol. The Morgan fingerprint density at radius 1 is 0.559 bits per heavy atom. The molecule has 0 aliphatic rings. The first-order valence-corrected chi connectivity index (χ1v) is 22.0. The Morgan fingerprint density at radius 2 is 1.32 bits per heavy atom. The zero-order valence-corrected chi connectivity index (χ0v) is 40.2. The van der Waals surface area contributed by atoms with Gasteiger partial charge in [-0.05, 0) is 134 Å². The molecule has 11 rings (SSSR count). The molecule has 337 valence electrons. The van der Waals surface area contributed by atoms with Crippen LogP contribution in [0.1, 0.15) is 73.3 Å². The largest absolute Gasteiger partial charge is 0.501 e. The van der Waals surface area contributed by atoms with Gasteiger partial charge in [0.05, 0.1) is 5.58 Å². The molecule has 68 heavy (non-hydrogen) atoms. The van der Waals surface area contributed by atoms with Crippen LogP contribution in [-0.4, -0.2) is 9.97 Å². The number of aromatic nitrogens is 2. The van der Waals surface area contributed by atoms with Gasteiger partial charge < -0.3 is 14.4 Å². The van der Waals surface area contributed by atoms with Gasteiger partial charge in [-0.25, -0.2) is 0 Å². The Morgan fingerprint density at radius 3 is 2.12 bits per heavy atom. The molecule has 0 atom stereocenters. The van der Waals surface area contributed by atoms with Crippen LogP contribution in [0.2, 0.25) is 0 Å². The topological polar surface area (TPSA) is 38.9 Å². The van der Waals surface area contributed by atoms with Gasteiger partial charge in [0.15, 0.2) is 0 Å². The standard InChI is InChI=1S/C41H30NO.C23H24N.Ir/c1-24-12-16-31(25(2)18-24)29-15-17-32(26(3)19-29)36-21-39(42-23-27(36)4)35-11-7-10-34-38-20-30-14-13-28-8-5-6-9-33(28)37(30)22-40(38)43-41(34)35;1-17-10-12-20(14-21(17)19-8-6-5-7-9-19)22-13-11-18(16-24-22)15-23(2,3)4;/h5-10,12-23H,1-4H3;5-11,13-14,16H,15H2,1-4H3;/q2*-1;/i2D3,3D3,4D3;1D3,15D2;. The first-order valence-electron chi connectivity index (χ1n) is 29.0. The molecule has 0 spiro atoms. The van der Waals surface area contributed by atoms with Crippen molar-refractivity contribution in [3.8, 4) is 55.9 Å². The zero-order chi connectivity index (χ0) is 58.2. The smallest absolute Gasteiger partial charge is 0.121 e. The predicted molar refractivity (Wildman–Crippen MR) is 282 cm³/mol. The second-order valence-electron chi connectivity index (χ2n) is 17.8. The third-order valence-corrected chi connectivity index (χ3v) is 11.8. The van der Waals surface area contributed by atoms with Crippen molar-refractivity contribution in [1.29, 1.82) is 0 Å². The van der Waals surface area contributed by atoms with Crippen LogP contribution in [0.15, 0.2) is 175 Å². The van der Waals surface area contributed by atoms with E-state index in [4.69, 9.17) is 23.6 Å². The molecule has 0 amide bonds. The molecule has 4 heteroatoms. The molecular formula is C64H54IrN2O-2. The van der Waals surface area contributed by atoms with Gasteiger partial charge in [-0.3, -0.25) is 0 Å². The van der Waals surface area contributed by atoms with Gasteiger partial charge in [-0.2, -0.15) is 0 Å². The van der Waals surface area contributed by atoms with Crippen LogP contribution in [0.4, 0.5) is 0 Å². The van der Waals surface area contributed by atoms with Crippen molar-refractivity contribution in [2.24, 2.45) is 5.41 Å².